The molecule has 0 radical (unpaired) electrons. The molecule has 2 heterocycles. The second-order valence-electron chi connectivity index (χ2n) is 7.34. The maximum atomic E-state index is 10.5. The van der Waals surface area contributed by atoms with Crippen LogP contribution in [0.3, 0.4) is 0 Å². The highest BCUT2D eigenvalue weighted by molar-refractivity contribution is 5.66. The topological polar surface area (TPSA) is 65.0 Å². The first-order valence-electron chi connectivity index (χ1n) is 9.80. The molecule has 0 aliphatic carbocycles. The molecule has 2 aliphatic rings. The van der Waals surface area contributed by atoms with Gasteiger partial charge < -0.3 is 19.3 Å². The summed E-state index contributed by atoms with van der Waals surface area (Å²) >= 11 is 0. The molecular formula is C21H30O5. The molecule has 4 atom stereocenters. The molecule has 0 aromatic heterocycles. The van der Waals surface area contributed by atoms with Gasteiger partial charge in [-0.15, -0.1) is 0 Å². The van der Waals surface area contributed by atoms with Gasteiger partial charge in [0.25, 0.3) is 0 Å². The Hall–Kier alpha value is -1.43. The van der Waals surface area contributed by atoms with E-state index < -0.39 is 5.97 Å². The zero-order valence-electron chi connectivity index (χ0n) is 15.3. The largest absolute Gasteiger partial charge is 0.481 e. The summed E-state index contributed by atoms with van der Waals surface area (Å²) in [5.41, 5.74) is 1.21. The van der Waals surface area contributed by atoms with Crippen molar-refractivity contribution >= 4 is 5.97 Å². The summed E-state index contributed by atoms with van der Waals surface area (Å²) in [6.07, 6.45) is 5.89. The van der Waals surface area contributed by atoms with Gasteiger partial charge in [-0.2, -0.15) is 0 Å². The third-order valence-electron chi connectivity index (χ3n) is 5.57. The molecule has 1 aromatic rings. The Balaban J connectivity index is 1.34. The number of benzene rings is 1. The number of carboxylic acid groups (broad SMARTS) is 1. The van der Waals surface area contributed by atoms with Gasteiger partial charge in [0.15, 0.2) is 0 Å². The van der Waals surface area contributed by atoms with Crippen LogP contribution in [-0.4, -0.2) is 43.1 Å². The first kappa shape index (κ1) is 19.3. The predicted molar refractivity (Wildman–Crippen MR) is 97.9 cm³/mol. The Morgan fingerprint density at radius 2 is 1.65 bits per heavy atom. The molecule has 2 saturated heterocycles. The van der Waals surface area contributed by atoms with Crippen LogP contribution in [0.25, 0.3) is 0 Å². The van der Waals surface area contributed by atoms with E-state index in [2.05, 4.69) is 12.1 Å². The molecule has 2 bridgehead atoms. The van der Waals surface area contributed by atoms with Gasteiger partial charge in [-0.25, -0.2) is 0 Å². The molecule has 1 aromatic carbocycles. The van der Waals surface area contributed by atoms with Crippen LogP contribution in [0.15, 0.2) is 30.3 Å². The lowest BCUT2D eigenvalue weighted by atomic mass is 9.76. The maximum Gasteiger partial charge on any atom is 0.303 e. The van der Waals surface area contributed by atoms with E-state index in [1.54, 1.807) is 0 Å². The maximum absolute atomic E-state index is 10.5. The molecule has 3 rings (SSSR count). The normalized spacial score (nSPS) is 27.1. The average molecular weight is 362 g/mol. The van der Waals surface area contributed by atoms with Crippen molar-refractivity contribution in [1.82, 2.24) is 0 Å². The molecular weight excluding hydrogens is 332 g/mol. The van der Waals surface area contributed by atoms with Crippen molar-refractivity contribution in [2.24, 2.45) is 11.8 Å². The van der Waals surface area contributed by atoms with E-state index in [1.165, 1.54) is 12.0 Å². The van der Waals surface area contributed by atoms with Gasteiger partial charge >= 0.3 is 5.97 Å². The van der Waals surface area contributed by atoms with E-state index in [9.17, 15) is 4.79 Å². The van der Waals surface area contributed by atoms with Gasteiger partial charge in [-0.05, 0) is 49.5 Å². The summed E-state index contributed by atoms with van der Waals surface area (Å²) in [5, 5.41) is 8.64. The number of carboxylic acids is 1. The van der Waals surface area contributed by atoms with E-state index in [-0.39, 0.29) is 6.42 Å². The minimum atomic E-state index is -0.759. The van der Waals surface area contributed by atoms with E-state index >= 15 is 0 Å². The summed E-state index contributed by atoms with van der Waals surface area (Å²) in [7, 11) is 0. The van der Waals surface area contributed by atoms with Crippen LogP contribution < -0.4 is 0 Å². The predicted octanol–water partition coefficient (Wildman–Crippen LogP) is 3.66. The van der Waals surface area contributed by atoms with Crippen molar-refractivity contribution in [1.29, 1.82) is 0 Å². The summed E-state index contributed by atoms with van der Waals surface area (Å²) in [4.78, 5) is 10.5. The van der Waals surface area contributed by atoms with Crippen LogP contribution in [0, 0.1) is 11.8 Å². The monoisotopic (exact) mass is 362 g/mol. The van der Waals surface area contributed by atoms with Gasteiger partial charge in [0.2, 0.25) is 0 Å². The molecule has 26 heavy (non-hydrogen) atoms. The lowest BCUT2D eigenvalue weighted by molar-refractivity contribution is -0.137. The number of carbonyl (C=O) groups is 1. The van der Waals surface area contributed by atoms with Crippen molar-refractivity contribution in [2.45, 2.75) is 57.3 Å². The van der Waals surface area contributed by atoms with Crippen LogP contribution in [0.4, 0.5) is 0 Å². The number of hydrogen-bond acceptors (Lipinski definition) is 4. The average Bonchev–Trinajstić information content (AvgIpc) is 3.24. The zero-order chi connectivity index (χ0) is 18.2. The van der Waals surface area contributed by atoms with E-state index in [0.717, 1.165) is 25.9 Å². The fraction of sp³-hybridized carbons (Fsp3) is 0.667. The molecule has 5 nitrogen and oxygen atoms in total. The Bertz CT molecular complexity index is 547. The second kappa shape index (κ2) is 10.0. The summed E-state index contributed by atoms with van der Waals surface area (Å²) < 4.78 is 17.6. The molecule has 2 aliphatic heterocycles. The number of fused-ring (bicyclic) bond motifs is 2. The van der Waals surface area contributed by atoms with Crippen LogP contribution in [0.1, 0.15) is 44.1 Å². The quantitative estimate of drug-likeness (QED) is 0.575. The van der Waals surface area contributed by atoms with Crippen molar-refractivity contribution in [3.05, 3.63) is 35.9 Å². The molecule has 2 fully saturated rings. The van der Waals surface area contributed by atoms with Gasteiger partial charge in [-0.3, -0.25) is 4.79 Å². The fourth-order valence-electron chi connectivity index (χ4n) is 4.30. The highest BCUT2D eigenvalue weighted by Crippen LogP contribution is 2.46. The summed E-state index contributed by atoms with van der Waals surface area (Å²) in [5.74, 6) is 0.353. The standard InChI is InChI=1S/C21H30O5/c22-21(23)7-4-12-24-13-10-17-18(20-9-8-19(17)26-20)11-14-25-15-16-5-2-1-3-6-16/h1-3,5-6,17-20H,4,7-15H2,(H,22,23). The van der Waals surface area contributed by atoms with Crippen molar-refractivity contribution < 1.29 is 24.1 Å². The minimum Gasteiger partial charge on any atom is -0.481 e. The first-order chi connectivity index (χ1) is 12.7. The van der Waals surface area contributed by atoms with Gasteiger partial charge in [0, 0.05) is 26.2 Å². The van der Waals surface area contributed by atoms with Crippen LogP contribution in [0.5, 0.6) is 0 Å². The summed E-state index contributed by atoms with van der Waals surface area (Å²) in [6, 6.07) is 10.3. The Morgan fingerprint density at radius 3 is 2.31 bits per heavy atom. The third-order valence-corrected chi connectivity index (χ3v) is 5.57. The lowest BCUT2D eigenvalue weighted by Crippen LogP contribution is -2.29. The fourth-order valence-corrected chi connectivity index (χ4v) is 4.30. The smallest absolute Gasteiger partial charge is 0.303 e. The van der Waals surface area contributed by atoms with E-state index in [1.807, 2.05) is 18.2 Å². The van der Waals surface area contributed by atoms with Crippen molar-refractivity contribution in [2.75, 3.05) is 19.8 Å². The van der Waals surface area contributed by atoms with E-state index in [0.29, 0.717) is 50.3 Å². The zero-order valence-corrected chi connectivity index (χ0v) is 15.3. The number of hydrogen-bond donors (Lipinski definition) is 1. The third kappa shape index (κ3) is 5.53. The van der Waals surface area contributed by atoms with E-state index in [4.69, 9.17) is 19.3 Å². The molecule has 4 unspecified atom stereocenters. The number of aliphatic carboxylic acids is 1. The molecule has 5 heteroatoms. The molecule has 0 spiro atoms. The second-order valence-corrected chi connectivity index (χ2v) is 7.34. The molecule has 0 amide bonds. The van der Waals surface area contributed by atoms with Crippen molar-refractivity contribution in [3.63, 3.8) is 0 Å². The highest BCUT2D eigenvalue weighted by atomic mass is 16.5. The van der Waals surface area contributed by atoms with Crippen LogP contribution >= 0.6 is 0 Å². The van der Waals surface area contributed by atoms with Crippen molar-refractivity contribution in [3.8, 4) is 0 Å². The Morgan fingerprint density at radius 1 is 1.00 bits per heavy atom. The summed E-state index contributed by atoms with van der Waals surface area (Å²) in [6.45, 7) is 2.65. The number of ether oxygens (including phenoxy) is 3. The van der Waals surface area contributed by atoms with Gasteiger partial charge in [0.1, 0.15) is 0 Å². The lowest BCUT2D eigenvalue weighted by Gasteiger charge is -2.28. The van der Waals surface area contributed by atoms with Gasteiger partial charge in [0.05, 0.1) is 18.8 Å². The number of rotatable bonds is 12. The van der Waals surface area contributed by atoms with Crippen LogP contribution in [0.2, 0.25) is 0 Å². The highest BCUT2D eigenvalue weighted by Gasteiger charge is 2.47. The molecule has 0 saturated carbocycles. The first-order valence-corrected chi connectivity index (χ1v) is 9.80. The SMILES string of the molecule is O=C(O)CCCOCCC1C2CCC(O2)C1CCOCc1ccccc1. The molecule has 1 N–H and O–H groups in total. The Kier molecular flexibility index (Phi) is 7.47. The minimum absolute atomic E-state index is 0.179. The van der Waals surface area contributed by atoms with Gasteiger partial charge in [-0.1, -0.05) is 30.3 Å². The Labute approximate surface area is 155 Å². The molecule has 144 valence electrons. The van der Waals surface area contributed by atoms with Crippen LogP contribution in [-0.2, 0) is 25.6 Å².